The minimum absolute atomic E-state index is 0.294. The number of aryl methyl sites for hydroxylation is 1. The van der Waals surface area contributed by atoms with Crippen LogP contribution in [-0.4, -0.2) is 44.8 Å². The molecule has 110 valence electrons. The maximum absolute atomic E-state index is 11.7. The van der Waals surface area contributed by atoms with Crippen LogP contribution in [0.1, 0.15) is 25.5 Å². The Balaban J connectivity index is 2.00. The Morgan fingerprint density at radius 2 is 2.35 bits per heavy atom. The van der Waals surface area contributed by atoms with Crippen molar-refractivity contribution in [2.24, 2.45) is 0 Å². The summed E-state index contributed by atoms with van der Waals surface area (Å²) < 4.78 is 6.85. The fourth-order valence-electron chi connectivity index (χ4n) is 1.86. The Labute approximate surface area is 117 Å². The van der Waals surface area contributed by atoms with Gasteiger partial charge in [-0.25, -0.2) is 4.79 Å². The first-order valence-corrected chi connectivity index (χ1v) is 6.75. The van der Waals surface area contributed by atoms with E-state index in [1.54, 1.807) is 10.8 Å². The summed E-state index contributed by atoms with van der Waals surface area (Å²) in [4.78, 5) is 11.7. The van der Waals surface area contributed by atoms with Crippen molar-refractivity contribution >= 4 is 5.97 Å². The van der Waals surface area contributed by atoms with Crippen molar-refractivity contribution in [1.82, 2.24) is 20.3 Å². The number of hydrogen-bond donors (Lipinski definition) is 2. The van der Waals surface area contributed by atoms with Gasteiger partial charge in [0.05, 0.1) is 12.3 Å². The number of nitrogens with one attached hydrogen (secondary N) is 1. The molecule has 7 nitrogen and oxygen atoms in total. The van der Waals surface area contributed by atoms with Gasteiger partial charge in [0.15, 0.2) is 5.60 Å². The van der Waals surface area contributed by atoms with Crippen LogP contribution >= 0.6 is 0 Å². The zero-order valence-electron chi connectivity index (χ0n) is 11.6. The number of ether oxygens (including phenoxy) is 1. The lowest BCUT2D eigenvalue weighted by Crippen LogP contribution is -2.35. The first kappa shape index (κ1) is 14.7. The molecule has 0 aliphatic carbocycles. The fourth-order valence-corrected chi connectivity index (χ4v) is 1.86. The SMILES string of the molecule is CC1(O)/C=C/CNCc2cn(nn2)CCCCOC1=O. The molecule has 7 heteroatoms. The molecule has 2 rings (SSSR count). The first-order chi connectivity index (χ1) is 9.58. The Hall–Kier alpha value is -1.73. The summed E-state index contributed by atoms with van der Waals surface area (Å²) in [7, 11) is 0. The van der Waals surface area contributed by atoms with Crippen LogP contribution in [0.3, 0.4) is 0 Å². The Kier molecular flexibility index (Phi) is 4.86. The summed E-state index contributed by atoms with van der Waals surface area (Å²) in [6.45, 7) is 3.57. The zero-order chi connectivity index (χ0) is 14.4. The number of esters is 1. The Morgan fingerprint density at radius 1 is 1.50 bits per heavy atom. The Morgan fingerprint density at radius 3 is 3.20 bits per heavy atom. The number of carbonyl (C=O) groups is 1. The zero-order valence-corrected chi connectivity index (χ0v) is 11.6. The molecule has 2 heterocycles. The fraction of sp³-hybridized carbons (Fsp3) is 0.615. The van der Waals surface area contributed by atoms with E-state index in [2.05, 4.69) is 15.6 Å². The third-order valence-corrected chi connectivity index (χ3v) is 3.02. The van der Waals surface area contributed by atoms with E-state index in [0.717, 1.165) is 25.1 Å². The van der Waals surface area contributed by atoms with Gasteiger partial charge in [0, 0.05) is 25.8 Å². The molecule has 20 heavy (non-hydrogen) atoms. The van der Waals surface area contributed by atoms with Gasteiger partial charge in [-0.15, -0.1) is 5.10 Å². The summed E-state index contributed by atoms with van der Waals surface area (Å²) in [5, 5.41) is 21.2. The molecule has 0 fully saturated rings. The molecule has 2 N–H and O–H groups in total. The molecule has 1 unspecified atom stereocenters. The highest BCUT2D eigenvalue weighted by atomic mass is 16.5. The number of fused-ring (bicyclic) bond motifs is 2. The number of carbonyl (C=O) groups excluding carboxylic acids is 1. The molecular formula is C13H20N4O3. The second-order valence-corrected chi connectivity index (χ2v) is 5.00. The second-order valence-electron chi connectivity index (χ2n) is 5.00. The van der Waals surface area contributed by atoms with Crippen LogP contribution < -0.4 is 5.32 Å². The third kappa shape index (κ3) is 4.14. The van der Waals surface area contributed by atoms with E-state index in [1.165, 1.54) is 13.0 Å². The summed E-state index contributed by atoms with van der Waals surface area (Å²) >= 11 is 0. The highest BCUT2D eigenvalue weighted by Gasteiger charge is 2.28. The van der Waals surface area contributed by atoms with Crippen molar-refractivity contribution in [1.29, 1.82) is 0 Å². The highest BCUT2D eigenvalue weighted by molar-refractivity contribution is 5.81. The van der Waals surface area contributed by atoms with Crippen LogP contribution in [-0.2, 0) is 22.6 Å². The smallest absolute Gasteiger partial charge is 0.341 e. The van der Waals surface area contributed by atoms with E-state index < -0.39 is 11.6 Å². The number of hydrogen-bond acceptors (Lipinski definition) is 6. The van der Waals surface area contributed by atoms with Gasteiger partial charge >= 0.3 is 5.97 Å². The van der Waals surface area contributed by atoms with Crippen molar-refractivity contribution in [3.8, 4) is 0 Å². The first-order valence-electron chi connectivity index (χ1n) is 6.75. The van der Waals surface area contributed by atoms with E-state index in [-0.39, 0.29) is 0 Å². The number of cyclic esters (lactones) is 1. The average molecular weight is 280 g/mol. The van der Waals surface area contributed by atoms with Crippen LogP contribution in [0.5, 0.6) is 0 Å². The van der Waals surface area contributed by atoms with Gasteiger partial charge in [0.25, 0.3) is 0 Å². The lowest BCUT2D eigenvalue weighted by Gasteiger charge is -2.17. The average Bonchev–Trinajstić information content (AvgIpc) is 2.84. The van der Waals surface area contributed by atoms with Crippen molar-refractivity contribution in [2.45, 2.75) is 38.5 Å². The normalized spacial score (nSPS) is 27.2. The molecule has 1 aliphatic rings. The maximum Gasteiger partial charge on any atom is 0.341 e. The van der Waals surface area contributed by atoms with Crippen LogP contribution in [0.25, 0.3) is 0 Å². The van der Waals surface area contributed by atoms with Gasteiger partial charge in [-0.3, -0.25) is 4.68 Å². The van der Waals surface area contributed by atoms with Gasteiger partial charge in [0.2, 0.25) is 0 Å². The highest BCUT2D eigenvalue weighted by Crippen LogP contribution is 2.09. The lowest BCUT2D eigenvalue weighted by atomic mass is 10.1. The van der Waals surface area contributed by atoms with Crippen molar-refractivity contribution in [2.75, 3.05) is 13.2 Å². The number of aliphatic hydroxyl groups is 1. The van der Waals surface area contributed by atoms with Gasteiger partial charge in [-0.2, -0.15) is 0 Å². The largest absolute Gasteiger partial charge is 0.463 e. The molecule has 0 saturated carbocycles. The molecule has 0 saturated heterocycles. The van der Waals surface area contributed by atoms with Crippen molar-refractivity contribution in [3.63, 3.8) is 0 Å². The Bertz CT molecular complexity index is 482. The van der Waals surface area contributed by atoms with Gasteiger partial charge in [0.1, 0.15) is 0 Å². The van der Waals surface area contributed by atoms with E-state index in [9.17, 15) is 9.90 Å². The quantitative estimate of drug-likeness (QED) is 0.514. The summed E-state index contributed by atoms with van der Waals surface area (Å²) in [5.41, 5.74) is -0.712. The predicted octanol–water partition coefficient (Wildman–Crippen LogP) is 0.0119. The molecule has 0 spiro atoms. The summed E-state index contributed by atoms with van der Waals surface area (Å²) in [6.07, 6.45) is 6.60. The molecule has 2 bridgehead atoms. The van der Waals surface area contributed by atoms with E-state index >= 15 is 0 Å². The van der Waals surface area contributed by atoms with Crippen LogP contribution in [0.4, 0.5) is 0 Å². The van der Waals surface area contributed by atoms with Crippen LogP contribution in [0.15, 0.2) is 18.3 Å². The standard InChI is InChI=1S/C13H20N4O3/c1-13(19)5-4-6-14-9-11-10-17(16-15-11)7-2-3-8-20-12(13)18/h4-5,10,14,19H,2-3,6-9H2,1H3/b5-4+. The molecule has 0 aromatic carbocycles. The lowest BCUT2D eigenvalue weighted by molar-refractivity contribution is -0.159. The molecule has 1 aromatic rings. The minimum Gasteiger partial charge on any atom is -0.463 e. The molecule has 1 atom stereocenters. The van der Waals surface area contributed by atoms with E-state index in [0.29, 0.717) is 19.7 Å². The number of rotatable bonds is 0. The van der Waals surface area contributed by atoms with Gasteiger partial charge in [-0.1, -0.05) is 11.3 Å². The van der Waals surface area contributed by atoms with E-state index in [4.69, 9.17) is 4.74 Å². The monoisotopic (exact) mass is 280 g/mol. The third-order valence-electron chi connectivity index (χ3n) is 3.02. The minimum atomic E-state index is -1.58. The van der Waals surface area contributed by atoms with Gasteiger partial charge in [-0.05, 0) is 25.8 Å². The predicted molar refractivity (Wildman–Crippen MR) is 71.7 cm³/mol. The molecule has 1 aromatic heterocycles. The molecule has 1 aliphatic heterocycles. The van der Waals surface area contributed by atoms with Gasteiger partial charge < -0.3 is 15.2 Å². The van der Waals surface area contributed by atoms with Crippen LogP contribution in [0.2, 0.25) is 0 Å². The summed E-state index contributed by atoms with van der Waals surface area (Å²) in [6, 6.07) is 0. The van der Waals surface area contributed by atoms with Crippen molar-refractivity contribution in [3.05, 3.63) is 24.0 Å². The van der Waals surface area contributed by atoms with Crippen molar-refractivity contribution < 1.29 is 14.6 Å². The second kappa shape index (κ2) is 6.62. The molecule has 0 amide bonds. The van der Waals surface area contributed by atoms with Crippen LogP contribution in [0, 0.1) is 0 Å². The summed E-state index contributed by atoms with van der Waals surface area (Å²) in [5.74, 6) is -0.619. The maximum atomic E-state index is 11.7. The topological polar surface area (TPSA) is 89.3 Å². The number of aromatic nitrogens is 3. The molecular weight excluding hydrogens is 260 g/mol. The molecule has 0 radical (unpaired) electrons. The number of nitrogens with zero attached hydrogens (tertiary/aromatic N) is 3. The van der Waals surface area contributed by atoms with E-state index in [1.807, 2.05) is 6.20 Å².